The fourth-order valence-corrected chi connectivity index (χ4v) is 2.06. The Kier molecular flexibility index (Phi) is 6.73. The third-order valence-electron chi connectivity index (χ3n) is 2.97. The summed E-state index contributed by atoms with van der Waals surface area (Å²) in [5.41, 5.74) is 2.62. The van der Waals surface area contributed by atoms with Crippen LogP contribution in [0.1, 0.15) is 39.7 Å². The van der Waals surface area contributed by atoms with E-state index in [4.69, 9.17) is 0 Å². The molecule has 0 saturated carbocycles. The number of hydrogen-bond acceptors (Lipinski definition) is 3. The van der Waals surface area contributed by atoms with Crippen LogP contribution in [-0.4, -0.2) is 24.6 Å². The molecule has 0 bridgehead atoms. The molecule has 0 aliphatic heterocycles. The van der Waals surface area contributed by atoms with Gasteiger partial charge in [-0.2, -0.15) is 0 Å². The molecule has 0 unspecified atom stereocenters. The Morgan fingerprint density at radius 3 is 2.72 bits per heavy atom. The summed E-state index contributed by atoms with van der Waals surface area (Å²) in [5.74, 6) is 0.688. The number of rotatable bonds is 8. The predicted molar refractivity (Wildman–Crippen MR) is 79.0 cm³/mol. The molecular weight excluding hydrogens is 222 g/mol. The van der Waals surface area contributed by atoms with Crippen molar-refractivity contribution in [2.24, 2.45) is 5.92 Å². The van der Waals surface area contributed by atoms with Gasteiger partial charge in [0, 0.05) is 25.8 Å². The Balaban J connectivity index is 2.71. The maximum Gasteiger partial charge on any atom is 0.0598 e. The fourth-order valence-electron chi connectivity index (χ4n) is 2.06. The topological polar surface area (TPSA) is 28.2 Å². The van der Waals surface area contributed by atoms with Gasteiger partial charge in [-0.05, 0) is 37.4 Å². The summed E-state index contributed by atoms with van der Waals surface area (Å²) in [7, 11) is 0. The summed E-state index contributed by atoms with van der Waals surface area (Å²) >= 11 is 0. The van der Waals surface area contributed by atoms with E-state index in [1.165, 1.54) is 17.7 Å². The molecule has 0 saturated heterocycles. The van der Waals surface area contributed by atoms with E-state index < -0.39 is 0 Å². The molecule has 1 N–H and O–H groups in total. The molecule has 1 heterocycles. The van der Waals surface area contributed by atoms with Crippen molar-refractivity contribution in [2.45, 2.75) is 40.7 Å². The Labute approximate surface area is 112 Å². The van der Waals surface area contributed by atoms with Crippen molar-refractivity contribution >= 4 is 5.69 Å². The first-order valence-electron chi connectivity index (χ1n) is 7.07. The minimum Gasteiger partial charge on any atom is -0.370 e. The molecule has 0 aliphatic rings. The molecule has 18 heavy (non-hydrogen) atoms. The Morgan fingerprint density at radius 2 is 2.11 bits per heavy atom. The van der Waals surface area contributed by atoms with E-state index in [0.717, 1.165) is 26.2 Å². The molecule has 0 radical (unpaired) electrons. The average Bonchev–Trinajstić information content (AvgIpc) is 2.36. The fraction of sp³-hybridized carbons (Fsp3) is 0.667. The molecular formula is C15H27N3. The van der Waals surface area contributed by atoms with Crippen molar-refractivity contribution in [1.82, 2.24) is 10.3 Å². The van der Waals surface area contributed by atoms with E-state index in [9.17, 15) is 0 Å². The van der Waals surface area contributed by atoms with Crippen molar-refractivity contribution in [3.8, 4) is 0 Å². The number of nitrogens with zero attached hydrogens (tertiary/aromatic N) is 2. The average molecular weight is 249 g/mol. The van der Waals surface area contributed by atoms with E-state index >= 15 is 0 Å². The van der Waals surface area contributed by atoms with Crippen molar-refractivity contribution in [3.63, 3.8) is 0 Å². The molecule has 3 nitrogen and oxygen atoms in total. The van der Waals surface area contributed by atoms with Crippen LogP contribution >= 0.6 is 0 Å². The molecule has 0 aliphatic carbocycles. The lowest BCUT2D eigenvalue weighted by molar-refractivity contribution is 0.551. The van der Waals surface area contributed by atoms with Crippen LogP contribution in [0.2, 0.25) is 0 Å². The molecule has 0 aromatic carbocycles. The monoisotopic (exact) mass is 249 g/mol. The van der Waals surface area contributed by atoms with Gasteiger partial charge in [0.1, 0.15) is 0 Å². The summed E-state index contributed by atoms with van der Waals surface area (Å²) in [6, 6.07) is 2.13. The van der Waals surface area contributed by atoms with E-state index in [0.29, 0.717) is 5.92 Å². The van der Waals surface area contributed by atoms with Gasteiger partial charge in [-0.15, -0.1) is 0 Å². The van der Waals surface area contributed by atoms with Crippen LogP contribution in [-0.2, 0) is 6.54 Å². The van der Waals surface area contributed by atoms with Gasteiger partial charge in [-0.25, -0.2) is 0 Å². The highest BCUT2D eigenvalue weighted by Gasteiger charge is 2.08. The quantitative estimate of drug-likeness (QED) is 0.767. The first-order chi connectivity index (χ1) is 8.69. The van der Waals surface area contributed by atoms with Gasteiger partial charge in [0.2, 0.25) is 0 Å². The molecule has 1 rings (SSSR count). The number of aromatic nitrogens is 1. The smallest absolute Gasteiger partial charge is 0.0598 e. The lowest BCUT2D eigenvalue weighted by Gasteiger charge is -2.25. The second-order valence-electron chi connectivity index (χ2n) is 5.11. The van der Waals surface area contributed by atoms with Crippen LogP contribution in [0.4, 0.5) is 5.69 Å². The minimum absolute atomic E-state index is 0.688. The highest BCUT2D eigenvalue weighted by Crippen LogP contribution is 2.19. The summed E-state index contributed by atoms with van der Waals surface area (Å²) in [4.78, 5) is 6.67. The number of nitrogens with one attached hydrogen (secondary N) is 1. The zero-order valence-electron chi connectivity index (χ0n) is 12.2. The summed E-state index contributed by atoms with van der Waals surface area (Å²) in [5, 5.41) is 3.51. The van der Waals surface area contributed by atoms with Crippen LogP contribution in [0.3, 0.4) is 0 Å². The molecule has 0 atom stereocenters. The van der Waals surface area contributed by atoms with Crippen LogP contribution in [0, 0.1) is 5.92 Å². The van der Waals surface area contributed by atoms with Crippen LogP contribution in [0.15, 0.2) is 18.5 Å². The molecule has 3 heteroatoms. The minimum atomic E-state index is 0.688. The third kappa shape index (κ3) is 4.65. The van der Waals surface area contributed by atoms with Gasteiger partial charge in [0.05, 0.1) is 11.9 Å². The molecule has 0 fully saturated rings. The van der Waals surface area contributed by atoms with Gasteiger partial charge in [-0.3, -0.25) is 4.98 Å². The van der Waals surface area contributed by atoms with Crippen LogP contribution in [0.5, 0.6) is 0 Å². The lowest BCUT2D eigenvalue weighted by atomic mass is 10.1. The number of pyridine rings is 1. The van der Waals surface area contributed by atoms with Gasteiger partial charge in [0.15, 0.2) is 0 Å². The summed E-state index contributed by atoms with van der Waals surface area (Å²) < 4.78 is 0. The Bertz CT molecular complexity index is 336. The standard InChI is InChI=1S/C15H27N3/c1-5-9-18(6-2)15-12-16-8-7-14(15)11-17-10-13(3)4/h7-8,12-13,17H,5-6,9-11H2,1-4H3. The van der Waals surface area contributed by atoms with Crippen molar-refractivity contribution in [2.75, 3.05) is 24.5 Å². The third-order valence-corrected chi connectivity index (χ3v) is 2.97. The highest BCUT2D eigenvalue weighted by atomic mass is 15.1. The van der Waals surface area contributed by atoms with E-state index in [1.807, 2.05) is 12.4 Å². The van der Waals surface area contributed by atoms with E-state index in [1.54, 1.807) is 0 Å². The van der Waals surface area contributed by atoms with Crippen molar-refractivity contribution in [1.29, 1.82) is 0 Å². The zero-order valence-corrected chi connectivity index (χ0v) is 12.2. The predicted octanol–water partition coefficient (Wildman–Crippen LogP) is 3.06. The first kappa shape index (κ1) is 15.0. The van der Waals surface area contributed by atoms with Crippen molar-refractivity contribution in [3.05, 3.63) is 24.0 Å². The zero-order chi connectivity index (χ0) is 13.4. The van der Waals surface area contributed by atoms with Crippen LogP contribution in [0.25, 0.3) is 0 Å². The summed E-state index contributed by atoms with van der Waals surface area (Å²) in [6.45, 7) is 13.0. The maximum atomic E-state index is 4.27. The maximum absolute atomic E-state index is 4.27. The van der Waals surface area contributed by atoms with Gasteiger partial charge in [0.25, 0.3) is 0 Å². The van der Waals surface area contributed by atoms with Gasteiger partial charge >= 0.3 is 0 Å². The van der Waals surface area contributed by atoms with E-state index in [2.05, 4.69) is 49.0 Å². The Morgan fingerprint density at radius 1 is 1.33 bits per heavy atom. The second kappa shape index (κ2) is 8.09. The molecule has 0 spiro atoms. The number of anilines is 1. The Hall–Kier alpha value is -1.09. The molecule has 0 amide bonds. The van der Waals surface area contributed by atoms with Gasteiger partial charge in [-0.1, -0.05) is 20.8 Å². The normalized spacial score (nSPS) is 10.9. The first-order valence-corrected chi connectivity index (χ1v) is 7.07. The second-order valence-corrected chi connectivity index (χ2v) is 5.11. The largest absolute Gasteiger partial charge is 0.370 e. The van der Waals surface area contributed by atoms with Crippen molar-refractivity contribution < 1.29 is 0 Å². The van der Waals surface area contributed by atoms with E-state index in [-0.39, 0.29) is 0 Å². The molecule has 102 valence electrons. The SMILES string of the molecule is CCCN(CC)c1cnccc1CNCC(C)C. The van der Waals surface area contributed by atoms with Crippen LogP contribution < -0.4 is 10.2 Å². The highest BCUT2D eigenvalue weighted by molar-refractivity contribution is 5.51. The summed E-state index contributed by atoms with van der Waals surface area (Å²) in [6.07, 6.45) is 5.04. The lowest BCUT2D eigenvalue weighted by Crippen LogP contribution is -2.26. The van der Waals surface area contributed by atoms with Gasteiger partial charge < -0.3 is 10.2 Å². The molecule has 1 aromatic heterocycles. The number of hydrogen-bond donors (Lipinski definition) is 1. The molecule has 1 aromatic rings.